The van der Waals surface area contributed by atoms with Crippen molar-refractivity contribution in [2.24, 2.45) is 0 Å². The van der Waals surface area contributed by atoms with Crippen molar-refractivity contribution in [2.75, 3.05) is 11.9 Å². The summed E-state index contributed by atoms with van der Waals surface area (Å²) in [6, 6.07) is 10.7. The van der Waals surface area contributed by atoms with Crippen LogP contribution in [-0.2, 0) is 5.60 Å². The molecule has 1 aromatic heterocycles. The molecule has 100 valence electrons. The Morgan fingerprint density at radius 1 is 1.26 bits per heavy atom. The summed E-state index contributed by atoms with van der Waals surface area (Å²) in [4.78, 5) is 3.90. The fourth-order valence-corrected chi connectivity index (χ4v) is 2.08. The van der Waals surface area contributed by atoms with Crippen LogP contribution in [0.1, 0.15) is 12.5 Å². The van der Waals surface area contributed by atoms with Crippen LogP contribution < -0.4 is 5.32 Å². The Bertz CT molecular complexity index is 573. The number of rotatable bonds is 4. The Hall–Kier alpha value is -1.29. The van der Waals surface area contributed by atoms with Gasteiger partial charge < -0.3 is 10.4 Å². The van der Waals surface area contributed by atoms with Crippen molar-refractivity contribution in [1.29, 1.82) is 0 Å². The molecule has 0 bridgehead atoms. The quantitative estimate of drug-likeness (QED) is 0.846. The first-order chi connectivity index (χ1) is 8.97. The van der Waals surface area contributed by atoms with E-state index in [1.54, 1.807) is 37.4 Å². The van der Waals surface area contributed by atoms with Crippen molar-refractivity contribution in [3.63, 3.8) is 0 Å². The van der Waals surface area contributed by atoms with E-state index in [4.69, 9.17) is 23.2 Å². The van der Waals surface area contributed by atoms with Crippen LogP contribution >= 0.6 is 23.2 Å². The topological polar surface area (TPSA) is 45.1 Å². The van der Waals surface area contributed by atoms with Gasteiger partial charge in [0.05, 0.1) is 0 Å². The highest BCUT2D eigenvalue weighted by atomic mass is 35.5. The summed E-state index contributed by atoms with van der Waals surface area (Å²) in [5.74, 6) is 0. The monoisotopic (exact) mass is 296 g/mol. The lowest BCUT2D eigenvalue weighted by Gasteiger charge is -2.25. The summed E-state index contributed by atoms with van der Waals surface area (Å²) < 4.78 is 0. The van der Waals surface area contributed by atoms with Crippen molar-refractivity contribution in [1.82, 2.24) is 4.98 Å². The van der Waals surface area contributed by atoms with Gasteiger partial charge in [0.1, 0.15) is 10.8 Å². The molecule has 2 N–H and O–H groups in total. The first-order valence-corrected chi connectivity index (χ1v) is 6.57. The molecule has 0 aliphatic carbocycles. The third kappa shape index (κ3) is 3.83. The molecule has 0 saturated carbocycles. The first kappa shape index (κ1) is 14.1. The SMILES string of the molecule is CC(O)(CNc1ccnc(Cl)c1)c1cccc(Cl)c1. The van der Waals surface area contributed by atoms with Crippen LogP contribution in [0.4, 0.5) is 5.69 Å². The highest BCUT2D eigenvalue weighted by Gasteiger charge is 2.23. The van der Waals surface area contributed by atoms with E-state index < -0.39 is 5.60 Å². The van der Waals surface area contributed by atoms with Crippen LogP contribution in [0.5, 0.6) is 0 Å². The van der Waals surface area contributed by atoms with Crippen LogP contribution in [0.2, 0.25) is 10.2 Å². The third-order valence-corrected chi connectivity index (χ3v) is 3.25. The van der Waals surface area contributed by atoms with Gasteiger partial charge in [-0.25, -0.2) is 4.98 Å². The number of aromatic nitrogens is 1. The smallest absolute Gasteiger partial charge is 0.131 e. The summed E-state index contributed by atoms with van der Waals surface area (Å²) in [5, 5.41) is 14.6. The fraction of sp³-hybridized carbons (Fsp3) is 0.214. The molecule has 1 unspecified atom stereocenters. The summed E-state index contributed by atoms with van der Waals surface area (Å²) in [7, 11) is 0. The Kier molecular flexibility index (Phi) is 4.30. The number of benzene rings is 1. The van der Waals surface area contributed by atoms with Crippen molar-refractivity contribution in [2.45, 2.75) is 12.5 Å². The van der Waals surface area contributed by atoms with Crippen molar-refractivity contribution in [3.05, 3.63) is 58.3 Å². The van der Waals surface area contributed by atoms with Gasteiger partial charge in [-0.1, -0.05) is 35.3 Å². The van der Waals surface area contributed by atoms with E-state index in [2.05, 4.69) is 10.3 Å². The average molecular weight is 297 g/mol. The zero-order valence-corrected chi connectivity index (χ0v) is 11.9. The van der Waals surface area contributed by atoms with E-state index >= 15 is 0 Å². The largest absolute Gasteiger partial charge is 0.384 e. The van der Waals surface area contributed by atoms with Gasteiger partial charge in [0, 0.05) is 23.5 Å². The first-order valence-electron chi connectivity index (χ1n) is 5.81. The Morgan fingerprint density at radius 3 is 2.74 bits per heavy atom. The molecule has 1 atom stereocenters. The lowest BCUT2D eigenvalue weighted by atomic mass is 9.96. The van der Waals surface area contributed by atoms with Crippen LogP contribution in [0.3, 0.4) is 0 Å². The molecular formula is C14H14Cl2N2O. The molecule has 19 heavy (non-hydrogen) atoms. The summed E-state index contributed by atoms with van der Waals surface area (Å²) in [6.45, 7) is 2.07. The predicted molar refractivity (Wildman–Crippen MR) is 78.8 cm³/mol. The molecule has 0 radical (unpaired) electrons. The minimum Gasteiger partial charge on any atom is -0.384 e. The average Bonchev–Trinajstić information content (AvgIpc) is 2.37. The fourth-order valence-electron chi connectivity index (χ4n) is 1.71. The number of hydrogen-bond donors (Lipinski definition) is 2. The van der Waals surface area contributed by atoms with Gasteiger partial charge in [-0.3, -0.25) is 0 Å². The van der Waals surface area contributed by atoms with Gasteiger partial charge in [-0.05, 0) is 36.8 Å². The van der Waals surface area contributed by atoms with E-state index in [1.165, 1.54) is 0 Å². The summed E-state index contributed by atoms with van der Waals surface area (Å²) >= 11 is 11.7. The zero-order chi connectivity index (χ0) is 13.9. The number of nitrogens with zero attached hydrogens (tertiary/aromatic N) is 1. The van der Waals surface area contributed by atoms with Gasteiger partial charge in [0.15, 0.2) is 0 Å². The van der Waals surface area contributed by atoms with Gasteiger partial charge in [-0.2, -0.15) is 0 Å². The van der Waals surface area contributed by atoms with E-state index in [9.17, 15) is 5.11 Å². The van der Waals surface area contributed by atoms with Crippen molar-refractivity contribution >= 4 is 28.9 Å². The molecule has 0 spiro atoms. The Balaban J connectivity index is 2.09. The maximum absolute atomic E-state index is 10.5. The molecular weight excluding hydrogens is 283 g/mol. The zero-order valence-electron chi connectivity index (χ0n) is 10.4. The second kappa shape index (κ2) is 5.78. The van der Waals surface area contributed by atoms with E-state index in [0.717, 1.165) is 11.3 Å². The summed E-state index contributed by atoms with van der Waals surface area (Å²) in [6.07, 6.45) is 1.61. The number of hydrogen-bond acceptors (Lipinski definition) is 3. The maximum atomic E-state index is 10.5. The van der Waals surface area contributed by atoms with Crippen LogP contribution in [0.15, 0.2) is 42.6 Å². The molecule has 3 nitrogen and oxygen atoms in total. The number of aliphatic hydroxyl groups is 1. The maximum Gasteiger partial charge on any atom is 0.131 e. The van der Waals surface area contributed by atoms with Crippen LogP contribution in [0.25, 0.3) is 0 Å². The molecule has 0 aliphatic rings. The molecule has 5 heteroatoms. The second-order valence-electron chi connectivity index (χ2n) is 4.50. The highest BCUT2D eigenvalue weighted by Crippen LogP contribution is 2.24. The molecule has 1 aromatic carbocycles. The third-order valence-electron chi connectivity index (χ3n) is 2.81. The second-order valence-corrected chi connectivity index (χ2v) is 5.33. The standard InChI is InChI=1S/C14H14Cl2N2O/c1-14(19,10-3-2-4-11(15)7-10)9-18-12-5-6-17-13(16)8-12/h2-8,19H,9H2,1H3,(H,17,18). The normalized spacial score (nSPS) is 13.9. The van der Waals surface area contributed by atoms with Crippen LogP contribution in [0, 0.1) is 0 Å². The lowest BCUT2D eigenvalue weighted by molar-refractivity contribution is 0.0715. The van der Waals surface area contributed by atoms with Crippen LogP contribution in [-0.4, -0.2) is 16.6 Å². The Morgan fingerprint density at radius 2 is 2.05 bits per heavy atom. The number of anilines is 1. The minimum absolute atomic E-state index is 0.341. The van der Waals surface area contributed by atoms with E-state index in [0.29, 0.717) is 16.7 Å². The number of pyridine rings is 1. The van der Waals surface area contributed by atoms with Gasteiger partial charge in [0.25, 0.3) is 0 Å². The molecule has 1 heterocycles. The molecule has 2 rings (SSSR count). The summed E-state index contributed by atoms with van der Waals surface area (Å²) in [5.41, 5.74) is 0.538. The molecule has 0 amide bonds. The predicted octanol–water partition coefficient (Wildman–Crippen LogP) is 3.71. The van der Waals surface area contributed by atoms with E-state index in [1.807, 2.05) is 12.1 Å². The lowest BCUT2D eigenvalue weighted by Crippen LogP contribution is -2.30. The Labute approximate surface area is 122 Å². The minimum atomic E-state index is -1.03. The number of nitrogens with one attached hydrogen (secondary N) is 1. The molecule has 0 fully saturated rings. The van der Waals surface area contributed by atoms with Crippen molar-refractivity contribution < 1.29 is 5.11 Å². The molecule has 0 saturated heterocycles. The number of halogens is 2. The van der Waals surface area contributed by atoms with Crippen molar-refractivity contribution in [3.8, 4) is 0 Å². The van der Waals surface area contributed by atoms with Gasteiger partial charge in [0.2, 0.25) is 0 Å². The van der Waals surface area contributed by atoms with Gasteiger partial charge in [-0.15, -0.1) is 0 Å². The van der Waals surface area contributed by atoms with E-state index in [-0.39, 0.29) is 0 Å². The van der Waals surface area contributed by atoms with Gasteiger partial charge >= 0.3 is 0 Å². The highest BCUT2D eigenvalue weighted by molar-refractivity contribution is 6.30. The molecule has 0 aliphatic heterocycles. The molecule has 2 aromatic rings.